The molecule has 0 aliphatic heterocycles. The highest BCUT2D eigenvalue weighted by Gasteiger charge is 2.22. The molecule has 0 radical (unpaired) electrons. The topological polar surface area (TPSA) is 114 Å². The molecular weight excluding hydrogens is 493 g/mol. The molecular formula is C27H36FN5O3S. The van der Waals surface area contributed by atoms with Gasteiger partial charge in [-0.3, -0.25) is 14.4 Å². The zero-order valence-electron chi connectivity index (χ0n) is 22.4. The summed E-state index contributed by atoms with van der Waals surface area (Å²) in [5.41, 5.74) is 0.594. The Kier molecular flexibility index (Phi) is 15.1. The van der Waals surface area contributed by atoms with Crippen LogP contribution in [-0.4, -0.2) is 42.8 Å². The van der Waals surface area contributed by atoms with Crippen LogP contribution in [0.2, 0.25) is 0 Å². The third-order valence-electron chi connectivity index (χ3n) is 4.54. The highest BCUT2D eigenvalue weighted by atomic mass is 32.2. The average molecular weight is 530 g/mol. The number of hydrogen-bond donors (Lipinski definition) is 3. The summed E-state index contributed by atoms with van der Waals surface area (Å²) in [6, 6.07) is 6.43. The molecule has 1 aromatic carbocycles. The minimum absolute atomic E-state index is 0.117. The largest absolute Gasteiger partial charge is 0.379 e. The average Bonchev–Trinajstić information content (AvgIpc) is 2.84. The maximum atomic E-state index is 14.1. The minimum atomic E-state index is -0.638. The van der Waals surface area contributed by atoms with Crippen molar-refractivity contribution in [1.82, 2.24) is 10.2 Å². The van der Waals surface area contributed by atoms with Gasteiger partial charge in [-0.1, -0.05) is 44.5 Å². The Bertz CT molecular complexity index is 1080. The molecule has 0 saturated heterocycles. The van der Waals surface area contributed by atoms with Crippen molar-refractivity contribution in [1.29, 1.82) is 5.26 Å². The number of carbonyl (C=O) groups excluding carboxylic acids is 3. The molecule has 3 amide bonds. The van der Waals surface area contributed by atoms with E-state index in [9.17, 15) is 24.0 Å². The number of anilines is 2. The first-order valence-corrected chi connectivity index (χ1v) is 12.3. The number of nitrogens with zero attached hydrogens (tertiary/aromatic N) is 2. The van der Waals surface area contributed by atoms with Crippen molar-refractivity contribution < 1.29 is 18.8 Å². The predicted molar refractivity (Wildman–Crippen MR) is 149 cm³/mol. The molecule has 0 heterocycles. The monoisotopic (exact) mass is 529 g/mol. The highest BCUT2D eigenvalue weighted by molar-refractivity contribution is 8.06. The van der Waals surface area contributed by atoms with E-state index in [4.69, 9.17) is 6.42 Å². The van der Waals surface area contributed by atoms with Gasteiger partial charge in [-0.05, 0) is 50.8 Å². The Labute approximate surface area is 223 Å². The van der Waals surface area contributed by atoms with Crippen LogP contribution in [0.1, 0.15) is 48.5 Å². The summed E-state index contributed by atoms with van der Waals surface area (Å²) in [6.07, 6.45) is 7.97. The molecule has 37 heavy (non-hydrogen) atoms. The Morgan fingerprint density at radius 2 is 1.95 bits per heavy atom. The lowest BCUT2D eigenvalue weighted by atomic mass is 9.95. The van der Waals surface area contributed by atoms with E-state index in [0.29, 0.717) is 42.2 Å². The number of hydrogen-bond acceptors (Lipinski definition) is 6. The number of benzene rings is 1. The van der Waals surface area contributed by atoms with Gasteiger partial charge >= 0.3 is 0 Å². The second-order valence-electron chi connectivity index (χ2n) is 8.85. The van der Waals surface area contributed by atoms with Crippen molar-refractivity contribution in [2.24, 2.45) is 5.41 Å². The van der Waals surface area contributed by atoms with Gasteiger partial charge < -0.3 is 20.9 Å². The van der Waals surface area contributed by atoms with Crippen molar-refractivity contribution in [3.63, 3.8) is 0 Å². The van der Waals surface area contributed by atoms with E-state index in [1.807, 2.05) is 26.8 Å². The Hall–Kier alpha value is -3.76. The van der Waals surface area contributed by atoms with Gasteiger partial charge in [0.25, 0.3) is 0 Å². The summed E-state index contributed by atoms with van der Waals surface area (Å²) in [6.45, 7) is 13.4. The first-order chi connectivity index (χ1) is 17.3. The quantitative estimate of drug-likeness (QED) is 0.163. The van der Waals surface area contributed by atoms with Crippen LogP contribution in [0.15, 0.2) is 39.8 Å². The number of amides is 3. The zero-order valence-corrected chi connectivity index (χ0v) is 23.3. The van der Waals surface area contributed by atoms with E-state index in [0.717, 1.165) is 4.91 Å². The standard InChI is InChI=1S/C23H31FN4O2S.C4H5NO/c1-8-28(14-29)21(15(2)13-25)31-17(4)11-16(3)26-18-9-10-19(24)20(12-18)27-22(30)23(5,6)7;1-2-3-5-4-6/h9-12,14,16,26H,8H2,1-7H3,(H,27,30);1,4H,3H2,(H,5,6)/b17-11?,21-15+;. The lowest BCUT2D eigenvalue weighted by Crippen LogP contribution is -2.28. The second-order valence-corrected chi connectivity index (χ2v) is 10.1. The molecule has 0 spiro atoms. The van der Waals surface area contributed by atoms with Crippen molar-refractivity contribution in [3.05, 3.63) is 45.6 Å². The highest BCUT2D eigenvalue weighted by Crippen LogP contribution is 2.30. The number of allylic oxidation sites excluding steroid dienone is 2. The molecule has 1 aromatic rings. The molecule has 1 rings (SSSR count). The van der Waals surface area contributed by atoms with E-state index < -0.39 is 11.2 Å². The smallest absolute Gasteiger partial charge is 0.229 e. The first kappa shape index (κ1) is 33.2. The normalized spacial score (nSPS) is 12.3. The molecule has 1 atom stereocenters. The second kappa shape index (κ2) is 16.8. The fraction of sp³-hybridized carbons (Fsp3) is 0.407. The summed E-state index contributed by atoms with van der Waals surface area (Å²) in [5, 5.41) is 18.0. The van der Waals surface area contributed by atoms with Gasteiger partial charge in [-0.2, -0.15) is 5.26 Å². The third-order valence-corrected chi connectivity index (χ3v) is 5.73. The molecule has 0 saturated carbocycles. The van der Waals surface area contributed by atoms with Crippen LogP contribution in [0, 0.1) is 34.9 Å². The lowest BCUT2D eigenvalue weighted by molar-refractivity contribution is -0.123. The van der Waals surface area contributed by atoms with Crippen LogP contribution in [0.25, 0.3) is 0 Å². The Balaban J connectivity index is 0.00000192. The van der Waals surface area contributed by atoms with Gasteiger partial charge in [0, 0.05) is 23.7 Å². The molecule has 8 nitrogen and oxygen atoms in total. The minimum Gasteiger partial charge on any atom is -0.379 e. The maximum absolute atomic E-state index is 14.1. The van der Waals surface area contributed by atoms with Gasteiger partial charge in [0.05, 0.1) is 28.9 Å². The Morgan fingerprint density at radius 1 is 1.30 bits per heavy atom. The number of nitrogens with one attached hydrogen (secondary N) is 3. The van der Waals surface area contributed by atoms with E-state index in [-0.39, 0.29) is 17.6 Å². The van der Waals surface area contributed by atoms with Crippen molar-refractivity contribution in [2.45, 2.75) is 54.5 Å². The van der Waals surface area contributed by atoms with Crippen LogP contribution >= 0.6 is 11.8 Å². The molecule has 200 valence electrons. The van der Waals surface area contributed by atoms with Gasteiger partial charge in [0.1, 0.15) is 5.82 Å². The van der Waals surface area contributed by atoms with E-state index in [2.05, 4.69) is 27.9 Å². The number of halogens is 1. The van der Waals surface area contributed by atoms with E-state index >= 15 is 0 Å². The summed E-state index contributed by atoms with van der Waals surface area (Å²) < 4.78 is 14.1. The van der Waals surface area contributed by atoms with Crippen LogP contribution in [0.3, 0.4) is 0 Å². The van der Waals surface area contributed by atoms with Gasteiger partial charge in [0.2, 0.25) is 18.7 Å². The SMILES string of the molecule is C#CCNC=O.CCN(C=O)/C(SC(C)=CC(C)Nc1ccc(F)c(NC(=O)C(C)(C)C)c1)=C(/C)C#N. The molecule has 0 bridgehead atoms. The number of terminal acetylenes is 1. The van der Waals surface area contributed by atoms with Gasteiger partial charge in [0.15, 0.2) is 0 Å². The zero-order chi connectivity index (χ0) is 28.6. The Morgan fingerprint density at radius 3 is 2.41 bits per heavy atom. The van der Waals surface area contributed by atoms with Gasteiger partial charge in [-0.25, -0.2) is 4.39 Å². The number of rotatable bonds is 11. The van der Waals surface area contributed by atoms with Crippen LogP contribution in [-0.2, 0) is 14.4 Å². The lowest BCUT2D eigenvalue weighted by Gasteiger charge is -2.21. The van der Waals surface area contributed by atoms with E-state index in [1.54, 1.807) is 39.8 Å². The summed E-state index contributed by atoms with van der Waals surface area (Å²) in [7, 11) is 0. The number of carbonyl (C=O) groups is 3. The fourth-order valence-electron chi connectivity index (χ4n) is 2.63. The molecule has 1 unspecified atom stereocenters. The van der Waals surface area contributed by atoms with Crippen molar-refractivity contribution >= 4 is 41.9 Å². The fourth-order valence-corrected chi connectivity index (χ4v) is 3.69. The van der Waals surface area contributed by atoms with Gasteiger partial charge in [-0.15, -0.1) is 6.42 Å². The molecule has 0 aliphatic rings. The van der Waals surface area contributed by atoms with Crippen LogP contribution in [0.5, 0.6) is 0 Å². The summed E-state index contributed by atoms with van der Waals surface area (Å²) in [4.78, 5) is 35.2. The maximum Gasteiger partial charge on any atom is 0.229 e. The molecule has 3 N–H and O–H groups in total. The summed E-state index contributed by atoms with van der Waals surface area (Å²) >= 11 is 1.35. The van der Waals surface area contributed by atoms with Crippen LogP contribution in [0.4, 0.5) is 15.8 Å². The molecule has 0 fully saturated rings. The molecule has 10 heteroatoms. The van der Waals surface area contributed by atoms with Crippen LogP contribution < -0.4 is 16.0 Å². The summed E-state index contributed by atoms with van der Waals surface area (Å²) in [5.74, 6) is 1.45. The first-order valence-electron chi connectivity index (χ1n) is 11.5. The van der Waals surface area contributed by atoms with Crippen molar-refractivity contribution in [3.8, 4) is 18.4 Å². The van der Waals surface area contributed by atoms with Crippen molar-refractivity contribution in [2.75, 3.05) is 23.7 Å². The predicted octanol–water partition coefficient (Wildman–Crippen LogP) is 4.85. The third kappa shape index (κ3) is 12.7. The molecule has 0 aliphatic carbocycles. The van der Waals surface area contributed by atoms with E-state index in [1.165, 1.54) is 22.7 Å². The molecule has 0 aromatic heterocycles. The number of thioether (sulfide) groups is 1. The number of nitriles is 1.